The molecule has 0 saturated heterocycles. The van der Waals surface area contributed by atoms with Gasteiger partial charge in [-0.1, -0.05) is 53.7 Å². The van der Waals surface area contributed by atoms with E-state index < -0.39 is 0 Å². The summed E-state index contributed by atoms with van der Waals surface area (Å²) in [5.41, 5.74) is 2.40. The molecule has 23 heavy (non-hydrogen) atoms. The maximum atomic E-state index is 12.6. The Kier molecular flexibility index (Phi) is 3.20. The molecule has 4 aromatic rings. The van der Waals surface area contributed by atoms with Crippen LogP contribution in [0.1, 0.15) is 5.56 Å². The molecule has 0 aliphatic carbocycles. The Labute approximate surface area is 131 Å². The first kappa shape index (κ1) is 13.4. The quantitative estimate of drug-likeness (QED) is 0.581. The SMILES string of the molecule is O=c1c2nnn(-c3ccccc3)c2ncn1Cc1ccccc1. The summed E-state index contributed by atoms with van der Waals surface area (Å²) in [5.74, 6) is 0. The first-order valence-corrected chi connectivity index (χ1v) is 7.23. The van der Waals surface area contributed by atoms with E-state index in [0.29, 0.717) is 12.2 Å². The lowest BCUT2D eigenvalue weighted by molar-refractivity contribution is 0.745. The number of hydrogen-bond donors (Lipinski definition) is 0. The predicted molar refractivity (Wildman–Crippen MR) is 86.5 cm³/mol. The highest BCUT2D eigenvalue weighted by atomic mass is 16.1. The highest BCUT2D eigenvalue weighted by Crippen LogP contribution is 2.11. The summed E-state index contributed by atoms with van der Waals surface area (Å²) in [6.45, 7) is 0.459. The van der Waals surface area contributed by atoms with Gasteiger partial charge in [0.15, 0.2) is 11.2 Å². The van der Waals surface area contributed by atoms with E-state index in [-0.39, 0.29) is 11.1 Å². The predicted octanol–water partition coefficient (Wildman–Crippen LogP) is 2.03. The van der Waals surface area contributed by atoms with Crippen LogP contribution in [0.2, 0.25) is 0 Å². The fraction of sp³-hybridized carbons (Fsp3) is 0.0588. The lowest BCUT2D eigenvalue weighted by Crippen LogP contribution is -2.21. The van der Waals surface area contributed by atoms with Gasteiger partial charge < -0.3 is 0 Å². The first-order valence-electron chi connectivity index (χ1n) is 7.23. The van der Waals surface area contributed by atoms with Gasteiger partial charge in [-0.3, -0.25) is 9.36 Å². The van der Waals surface area contributed by atoms with Gasteiger partial charge in [0, 0.05) is 0 Å². The van der Waals surface area contributed by atoms with Crippen molar-refractivity contribution in [1.82, 2.24) is 24.5 Å². The van der Waals surface area contributed by atoms with Crippen molar-refractivity contribution in [2.75, 3.05) is 0 Å². The van der Waals surface area contributed by atoms with Crippen molar-refractivity contribution in [1.29, 1.82) is 0 Å². The standard InChI is InChI=1S/C17H13N5O/c23-17-15-16(22(20-19-15)14-9-5-2-6-10-14)18-12-21(17)11-13-7-3-1-4-8-13/h1-10,12H,11H2. The lowest BCUT2D eigenvalue weighted by atomic mass is 10.2. The molecule has 2 aromatic carbocycles. The fourth-order valence-corrected chi connectivity index (χ4v) is 2.48. The number of nitrogens with zero attached hydrogens (tertiary/aromatic N) is 5. The molecule has 0 radical (unpaired) electrons. The second kappa shape index (κ2) is 5.49. The molecule has 0 unspecified atom stereocenters. The van der Waals surface area contributed by atoms with Crippen LogP contribution in [-0.4, -0.2) is 24.5 Å². The molecule has 0 saturated carbocycles. The zero-order valence-electron chi connectivity index (χ0n) is 12.2. The van der Waals surface area contributed by atoms with Gasteiger partial charge in [-0.2, -0.15) is 4.68 Å². The highest BCUT2D eigenvalue weighted by Gasteiger charge is 2.13. The van der Waals surface area contributed by atoms with E-state index in [9.17, 15) is 4.79 Å². The third kappa shape index (κ3) is 2.40. The monoisotopic (exact) mass is 303 g/mol. The first-order chi connectivity index (χ1) is 11.3. The number of hydrogen-bond acceptors (Lipinski definition) is 4. The number of fused-ring (bicyclic) bond motifs is 1. The average Bonchev–Trinajstić information content (AvgIpc) is 3.04. The van der Waals surface area contributed by atoms with Crippen LogP contribution in [0, 0.1) is 0 Å². The minimum absolute atomic E-state index is 0.193. The lowest BCUT2D eigenvalue weighted by Gasteiger charge is -2.05. The van der Waals surface area contributed by atoms with Crippen LogP contribution in [0.5, 0.6) is 0 Å². The Hall–Kier alpha value is -3.28. The maximum absolute atomic E-state index is 12.6. The Morgan fingerprint density at radius 1 is 0.913 bits per heavy atom. The molecular weight excluding hydrogens is 290 g/mol. The molecule has 0 atom stereocenters. The zero-order valence-corrected chi connectivity index (χ0v) is 12.2. The van der Waals surface area contributed by atoms with Crippen molar-refractivity contribution in [3.05, 3.63) is 82.9 Å². The topological polar surface area (TPSA) is 65.6 Å². The van der Waals surface area contributed by atoms with E-state index in [1.807, 2.05) is 60.7 Å². The Balaban J connectivity index is 1.80. The number of para-hydroxylation sites is 1. The summed E-state index contributed by atoms with van der Waals surface area (Å²) in [7, 11) is 0. The molecule has 0 N–H and O–H groups in total. The Morgan fingerprint density at radius 2 is 1.61 bits per heavy atom. The summed E-state index contributed by atoms with van der Waals surface area (Å²) in [6, 6.07) is 19.3. The molecule has 6 nitrogen and oxygen atoms in total. The van der Waals surface area contributed by atoms with Gasteiger partial charge in [0.1, 0.15) is 6.33 Å². The second-order valence-electron chi connectivity index (χ2n) is 5.17. The van der Waals surface area contributed by atoms with Crippen molar-refractivity contribution in [3.8, 4) is 5.69 Å². The molecular formula is C17H13N5O. The molecule has 112 valence electrons. The van der Waals surface area contributed by atoms with Crippen LogP contribution in [0.4, 0.5) is 0 Å². The molecule has 0 fully saturated rings. The third-order valence-electron chi connectivity index (χ3n) is 3.63. The van der Waals surface area contributed by atoms with Gasteiger partial charge in [0.05, 0.1) is 12.2 Å². The zero-order chi connectivity index (χ0) is 15.6. The summed E-state index contributed by atoms with van der Waals surface area (Å²) in [4.78, 5) is 17.0. The van der Waals surface area contributed by atoms with E-state index in [4.69, 9.17) is 0 Å². The van der Waals surface area contributed by atoms with Gasteiger partial charge in [0.25, 0.3) is 5.56 Å². The van der Waals surface area contributed by atoms with Gasteiger partial charge in [0.2, 0.25) is 0 Å². The van der Waals surface area contributed by atoms with E-state index in [1.54, 1.807) is 15.6 Å². The van der Waals surface area contributed by atoms with E-state index in [1.165, 1.54) is 0 Å². The Morgan fingerprint density at radius 3 is 2.35 bits per heavy atom. The highest BCUT2D eigenvalue weighted by molar-refractivity contribution is 5.70. The van der Waals surface area contributed by atoms with Gasteiger partial charge in [-0.25, -0.2) is 4.98 Å². The summed E-state index contributed by atoms with van der Waals surface area (Å²) in [5, 5.41) is 8.08. The molecule has 4 rings (SSSR count). The minimum Gasteiger partial charge on any atom is -0.293 e. The van der Waals surface area contributed by atoms with Gasteiger partial charge in [-0.05, 0) is 17.7 Å². The Bertz CT molecular complexity index is 1010. The van der Waals surface area contributed by atoms with Crippen molar-refractivity contribution in [2.45, 2.75) is 6.54 Å². The number of rotatable bonds is 3. The third-order valence-corrected chi connectivity index (χ3v) is 3.63. The van der Waals surface area contributed by atoms with Crippen LogP contribution in [0.3, 0.4) is 0 Å². The summed E-state index contributed by atoms with van der Waals surface area (Å²) < 4.78 is 3.12. The maximum Gasteiger partial charge on any atom is 0.283 e. The molecule has 6 heteroatoms. The average molecular weight is 303 g/mol. The molecule has 0 amide bonds. The molecule has 0 aliphatic heterocycles. The van der Waals surface area contributed by atoms with E-state index >= 15 is 0 Å². The minimum atomic E-state index is -0.193. The summed E-state index contributed by atoms with van der Waals surface area (Å²) >= 11 is 0. The van der Waals surface area contributed by atoms with Gasteiger partial charge in [-0.15, -0.1) is 5.10 Å². The molecule has 0 spiro atoms. The van der Waals surface area contributed by atoms with Crippen molar-refractivity contribution >= 4 is 11.2 Å². The van der Waals surface area contributed by atoms with Crippen LogP contribution in [0.25, 0.3) is 16.9 Å². The summed E-state index contributed by atoms with van der Waals surface area (Å²) in [6.07, 6.45) is 1.54. The van der Waals surface area contributed by atoms with Crippen LogP contribution in [0.15, 0.2) is 71.8 Å². The molecule has 0 bridgehead atoms. The largest absolute Gasteiger partial charge is 0.293 e. The van der Waals surface area contributed by atoms with Crippen molar-refractivity contribution in [2.24, 2.45) is 0 Å². The van der Waals surface area contributed by atoms with Crippen LogP contribution < -0.4 is 5.56 Å². The number of aromatic nitrogens is 5. The smallest absolute Gasteiger partial charge is 0.283 e. The van der Waals surface area contributed by atoms with E-state index in [2.05, 4.69) is 15.3 Å². The van der Waals surface area contributed by atoms with Crippen molar-refractivity contribution < 1.29 is 0 Å². The molecule has 2 aromatic heterocycles. The number of benzene rings is 2. The van der Waals surface area contributed by atoms with Gasteiger partial charge >= 0.3 is 0 Å². The normalized spacial score (nSPS) is 11.0. The van der Waals surface area contributed by atoms with Crippen molar-refractivity contribution in [3.63, 3.8) is 0 Å². The van der Waals surface area contributed by atoms with Crippen LogP contribution >= 0.6 is 0 Å². The molecule has 2 heterocycles. The van der Waals surface area contributed by atoms with E-state index in [0.717, 1.165) is 11.3 Å². The van der Waals surface area contributed by atoms with Crippen LogP contribution in [-0.2, 0) is 6.54 Å². The second-order valence-corrected chi connectivity index (χ2v) is 5.17. The molecule has 0 aliphatic rings. The fourth-order valence-electron chi connectivity index (χ4n) is 2.48.